The Labute approximate surface area is 592 Å². The van der Waals surface area contributed by atoms with Gasteiger partial charge in [-0.1, -0.05) is 175 Å². The van der Waals surface area contributed by atoms with E-state index in [0.717, 1.165) is 24.3 Å². The van der Waals surface area contributed by atoms with Gasteiger partial charge in [0.05, 0.1) is 44.2 Å². The van der Waals surface area contributed by atoms with Crippen molar-refractivity contribution in [2.75, 3.05) is 21.7 Å². The number of aromatic nitrogens is 4. The van der Waals surface area contributed by atoms with Gasteiger partial charge in [-0.25, -0.2) is 35.4 Å². The maximum atomic E-state index is 13.8. The highest BCUT2D eigenvalue weighted by molar-refractivity contribution is 6.33. The molecule has 0 bridgehead atoms. The van der Waals surface area contributed by atoms with E-state index in [4.69, 9.17) is 58.1 Å². The molecule has 0 fully saturated rings. The summed E-state index contributed by atoms with van der Waals surface area (Å²) < 4.78 is 165. The van der Waals surface area contributed by atoms with Gasteiger partial charge in [0.2, 0.25) is 0 Å². The van der Waals surface area contributed by atoms with E-state index < -0.39 is 110 Å². The molecule has 7 heterocycles. The summed E-state index contributed by atoms with van der Waals surface area (Å²) in [6.45, 7) is 8.97. The van der Waals surface area contributed by atoms with E-state index in [-0.39, 0.29) is 79.9 Å². The van der Waals surface area contributed by atoms with Crippen LogP contribution in [0.2, 0.25) is 20.4 Å². The first-order valence-electron chi connectivity index (χ1n) is 28.6. The van der Waals surface area contributed by atoms with E-state index >= 15 is 0 Å². The predicted molar refractivity (Wildman–Crippen MR) is 358 cm³/mol. The molecule has 19 nitrogen and oxygen atoms in total. The van der Waals surface area contributed by atoms with Crippen LogP contribution in [0, 0.1) is 0 Å². The van der Waals surface area contributed by atoms with Crippen molar-refractivity contribution in [3.8, 4) is 45.0 Å². The van der Waals surface area contributed by atoms with Crippen LogP contribution in [-0.4, -0.2) is 65.5 Å². The molecule has 0 spiro atoms. The molecule has 8 N–H and O–H groups in total. The lowest BCUT2D eigenvalue weighted by Gasteiger charge is -2.22. The number of halogens is 16. The van der Waals surface area contributed by atoms with E-state index in [1.54, 1.807) is 86.6 Å². The predicted octanol–water partition coefficient (Wildman–Crippen LogP) is 17.4. The van der Waals surface area contributed by atoms with Crippen LogP contribution in [0.25, 0.3) is 45.0 Å². The quantitative estimate of drug-likeness (QED) is 0.0141. The number of carbonyl (C=O) groups is 6. The van der Waals surface area contributed by atoms with Crippen molar-refractivity contribution in [1.82, 2.24) is 30.0 Å². The summed E-state index contributed by atoms with van der Waals surface area (Å²) in [6, 6.07) is 35.3. The number of nitrogens with one attached hydrogen (secondary N) is 4. The zero-order valence-corrected chi connectivity index (χ0v) is 55.6. The molecule has 536 valence electrons. The standard InChI is InChI=1S/2C18H13ClF3N3O2.2C12H9ClF3N3.C6H6O3.CH4/c1-9-10(2)17(27)25(16(9)26)24-12-8-13(19)23-15(14(12)18(20,21)22)11-6-4-3-5-7-11;1-9-10(2)17(27)25(16(9)26)24-13-8-12(19)14(18(20,21)22)15(23-13)11-6-4-3-5-7-11;13-9-6-8(19-17)10(12(14,15)16)11(18-9)7-4-2-1-3-5-7;13-8-6-9(19-17)18-11(10(8)12(14,15)16)7-4-2-1-3-5-7;1-3-4(2)6(8)9-5(3)7;/h2*3-8H,1-2H3,(H,23,24);2*1-6H,17H2,(H,18,19);1-2H3;1H4. The van der Waals surface area contributed by atoms with Crippen LogP contribution in [0.1, 0.15) is 71.2 Å². The number of imide groups is 2. The van der Waals surface area contributed by atoms with Gasteiger partial charge in [-0.05, 0) is 41.5 Å². The number of rotatable bonds is 10. The van der Waals surface area contributed by atoms with Gasteiger partial charge < -0.3 is 15.6 Å². The number of hydrogen-bond acceptors (Lipinski definition) is 17. The minimum atomic E-state index is -4.81. The lowest BCUT2D eigenvalue weighted by atomic mass is 10.0. The lowest BCUT2D eigenvalue weighted by Crippen LogP contribution is -2.37. The number of pyridine rings is 4. The summed E-state index contributed by atoms with van der Waals surface area (Å²) >= 11 is 23.2. The molecule has 4 amide bonds. The molecule has 0 saturated heterocycles. The Morgan fingerprint density at radius 2 is 0.637 bits per heavy atom. The molecule has 8 aromatic rings. The Bertz CT molecular complexity index is 4480. The van der Waals surface area contributed by atoms with Crippen molar-refractivity contribution in [1.29, 1.82) is 0 Å². The maximum absolute atomic E-state index is 13.8. The van der Waals surface area contributed by atoms with Gasteiger partial charge in [-0.15, -0.1) is 0 Å². The van der Waals surface area contributed by atoms with Crippen LogP contribution >= 0.6 is 46.4 Å². The number of esters is 2. The maximum Gasteiger partial charge on any atom is 0.420 e. The smallest absolute Gasteiger partial charge is 0.386 e. The molecule has 4 aromatic heterocycles. The van der Waals surface area contributed by atoms with Crippen molar-refractivity contribution in [3.63, 3.8) is 0 Å². The summed E-state index contributed by atoms with van der Waals surface area (Å²) in [4.78, 5) is 85.0. The number of ether oxygens (including phenoxy) is 1. The third-order valence-corrected chi connectivity index (χ3v) is 15.6. The van der Waals surface area contributed by atoms with E-state index in [0.29, 0.717) is 32.3 Å². The van der Waals surface area contributed by atoms with E-state index in [1.165, 1.54) is 76.2 Å². The highest BCUT2D eigenvalue weighted by atomic mass is 35.5. The summed E-state index contributed by atoms with van der Waals surface area (Å²) in [5.41, 5.74) is 5.29. The fourth-order valence-corrected chi connectivity index (χ4v) is 10.2. The van der Waals surface area contributed by atoms with Gasteiger partial charge in [-0.3, -0.25) is 35.9 Å². The molecule has 0 saturated carbocycles. The lowest BCUT2D eigenvalue weighted by molar-refractivity contribution is -0.151. The first kappa shape index (κ1) is 80.5. The van der Waals surface area contributed by atoms with Crippen molar-refractivity contribution in [3.05, 3.63) is 222 Å². The minimum absolute atomic E-state index is 0. The number of nitrogens with zero attached hydrogens (tertiary/aromatic N) is 6. The van der Waals surface area contributed by atoms with Crippen LogP contribution in [0.15, 0.2) is 179 Å². The Hall–Kier alpha value is -10.4. The largest absolute Gasteiger partial charge is 0.420 e. The molecule has 11 rings (SSSR count). The van der Waals surface area contributed by atoms with E-state index in [9.17, 15) is 81.5 Å². The number of amides is 4. The molecule has 3 aliphatic heterocycles. The van der Waals surface area contributed by atoms with Gasteiger partial charge in [0.15, 0.2) is 0 Å². The van der Waals surface area contributed by atoms with Crippen LogP contribution in [0.3, 0.4) is 0 Å². The number of carbonyl (C=O) groups excluding carboxylic acids is 6. The monoisotopic (exact) mass is 1510 g/mol. The van der Waals surface area contributed by atoms with Crippen molar-refractivity contribution < 1.29 is 86.2 Å². The summed E-state index contributed by atoms with van der Waals surface area (Å²) in [5, 5.41) is -0.0931. The zero-order chi connectivity index (χ0) is 75.0. The van der Waals surface area contributed by atoms with Crippen molar-refractivity contribution >= 4 is 105 Å². The van der Waals surface area contributed by atoms with Gasteiger partial charge in [0.1, 0.15) is 44.2 Å². The number of nitrogen functional groups attached to an aromatic ring is 2. The van der Waals surface area contributed by atoms with Gasteiger partial charge >= 0.3 is 36.6 Å². The molecule has 4 aromatic carbocycles. The van der Waals surface area contributed by atoms with Crippen LogP contribution in [0.4, 0.5) is 75.7 Å². The van der Waals surface area contributed by atoms with Crippen molar-refractivity contribution in [2.24, 2.45) is 11.7 Å². The molecule has 0 aliphatic carbocycles. The SMILES string of the molecule is C.CC1=C(C)C(=O)N(Nc2cc(Cl)c(C(F)(F)F)c(-c3ccccc3)n2)C1=O.CC1=C(C)C(=O)N(Nc2cc(Cl)nc(-c3ccccc3)c2C(F)(F)F)C1=O.CC1=C(C)C(=O)OC1=O.NNc1cc(Cl)c(C(F)(F)F)c(-c2ccccc2)n1.NNc1cc(Cl)nc(-c2ccccc2)c1C(F)(F)F. The minimum Gasteiger partial charge on any atom is -0.386 e. The molecule has 0 atom stereocenters. The zero-order valence-electron chi connectivity index (χ0n) is 52.6. The molecule has 3 aliphatic rings. The van der Waals surface area contributed by atoms with Crippen molar-refractivity contribution in [2.45, 2.75) is 73.7 Å². The van der Waals surface area contributed by atoms with E-state index in [2.05, 4.69) is 41.0 Å². The van der Waals surface area contributed by atoms with E-state index in [1.807, 2.05) is 5.43 Å². The Balaban J connectivity index is 0.000000207. The second-order valence-corrected chi connectivity index (χ2v) is 22.7. The molecule has 102 heavy (non-hydrogen) atoms. The highest BCUT2D eigenvalue weighted by Crippen LogP contribution is 2.46. The van der Waals surface area contributed by atoms with Gasteiger partial charge in [0, 0.05) is 80.0 Å². The third-order valence-electron chi connectivity index (χ3n) is 14.6. The summed E-state index contributed by atoms with van der Waals surface area (Å²) in [6.07, 6.45) is -18.7. The number of cyclic esters (lactones) is 2. The molecular weight excluding hydrogens is 1450 g/mol. The molecule has 0 radical (unpaired) electrons. The van der Waals surface area contributed by atoms with Gasteiger partial charge in [0.25, 0.3) is 23.6 Å². The number of nitrogens with two attached hydrogens (primary N) is 2. The second-order valence-electron chi connectivity index (χ2n) is 21.1. The first-order valence-corrected chi connectivity index (χ1v) is 30.1. The number of hydrazine groups is 4. The summed E-state index contributed by atoms with van der Waals surface area (Å²) in [5.74, 6) is 6.53. The number of anilines is 4. The fraction of sp³-hybridized carbons (Fsp3) is 0.164. The number of alkyl halides is 12. The third kappa shape index (κ3) is 18.7. The first-order chi connectivity index (χ1) is 47.2. The van der Waals surface area contributed by atoms with Crippen LogP contribution in [-0.2, 0) is 58.2 Å². The average Bonchev–Trinajstić information content (AvgIpc) is 1.15. The molecule has 35 heteroatoms. The Morgan fingerprint density at radius 1 is 0.363 bits per heavy atom. The Morgan fingerprint density at radius 3 is 0.922 bits per heavy atom. The second kappa shape index (κ2) is 32.9. The topological polar surface area (TPSA) is 270 Å². The Kier molecular flexibility index (Phi) is 26.0. The number of hydrogen-bond donors (Lipinski definition) is 6. The fourth-order valence-electron chi connectivity index (χ4n) is 9.20. The summed E-state index contributed by atoms with van der Waals surface area (Å²) in [7, 11) is 0. The molecular formula is C67H54Cl4F12N12O7. The van der Waals surface area contributed by atoms with Crippen LogP contribution in [0.5, 0.6) is 0 Å². The van der Waals surface area contributed by atoms with Gasteiger partial charge in [-0.2, -0.15) is 62.7 Å². The molecule has 0 unspecified atom stereocenters. The highest BCUT2D eigenvalue weighted by Gasteiger charge is 2.44. The number of benzene rings is 4. The average molecular weight is 1510 g/mol. The van der Waals surface area contributed by atoms with Crippen LogP contribution < -0.4 is 33.4 Å². The normalized spacial score (nSPS) is 13.8.